The average Bonchev–Trinajstić information content (AvgIpc) is 2.80. The van der Waals surface area contributed by atoms with Crippen molar-refractivity contribution in [3.8, 4) is 5.75 Å². The van der Waals surface area contributed by atoms with Gasteiger partial charge in [0.15, 0.2) is 0 Å². The Morgan fingerprint density at radius 2 is 2.24 bits per heavy atom. The zero-order chi connectivity index (χ0) is 18.0. The minimum Gasteiger partial charge on any atom is -0.491 e. The molecule has 7 nitrogen and oxygen atoms in total. The number of imidazole rings is 1. The second-order valence-corrected chi connectivity index (χ2v) is 6.15. The molecule has 0 aliphatic carbocycles. The summed E-state index contributed by atoms with van der Waals surface area (Å²) in [6.45, 7) is 1.26. The Labute approximate surface area is 146 Å². The van der Waals surface area contributed by atoms with Gasteiger partial charge in [0.05, 0.1) is 31.5 Å². The maximum atomic E-state index is 14.0. The predicted molar refractivity (Wildman–Crippen MR) is 92.1 cm³/mol. The first-order valence-corrected chi connectivity index (χ1v) is 8.08. The van der Waals surface area contributed by atoms with Gasteiger partial charge in [-0.2, -0.15) is 0 Å². The topological polar surface area (TPSA) is 62.6 Å². The minimum atomic E-state index is -0.362. The zero-order valence-electron chi connectivity index (χ0n) is 14.6. The van der Waals surface area contributed by atoms with Crippen molar-refractivity contribution in [2.45, 2.75) is 13.1 Å². The Hall–Kier alpha value is -2.77. The molecule has 134 valence electrons. The molecule has 1 aliphatic rings. The van der Waals surface area contributed by atoms with E-state index in [4.69, 9.17) is 4.74 Å². The number of ether oxygens (including phenoxy) is 1. The van der Waals surface area contributed by atoms with Gasteiger partial charge in [0.1, 0.15) is 18.2 Å². The fourth-order valence-electron chi connectivity index (χ4n) is 2.83. The van der Waals surface area contributed by atoms with E-state index in [0.29, 0.717) is 31.0 Å². The van der Waals surface area contributed by atoms with E-state index in [0.717, 1.165) is 11.6 Å². The lowest BCUT2D eigenvalue weighted by Crippen LogP contribution is -2.40. The summed E-state index contributed by atoms with van der Waals surface area (Å²) >= 11 is 0. The van der Waals surface area contributed by atoms with Crippen LogP contribution in [0.5, 0.6) is 5.75 Å². The highest BCUT2D eigenvalue weighted by molar-refractivity contribution is 5.74. The molecular formula is C17H22FN5O2. The molecule has 0 saturated carbocycles. The van der Waals surface area contributed by atoms with Crippen LogP contribution in [0.2, 0.25) is 0 Å². The van der Waals surface area contributed by atoms with Crippen molar-refractivity contribution < 1.29 is 13.9 Å². The number of benzene rings is 1. The van der Waals surface area contributed by atoms with Crippen LogP contribution >= 0.6 is 0 Å². The number of urea groups is 1. The van der Waals surface area contributed by atoms with Crippen molar-refractivity contribution in [1.82, 2.24) is 19.8 Å². The van der Waals surface area contributed by atoms with Gasteiger partial charge in [-0.15, -0.1) is 0 Å². The van der Waals surface area contributed by atoms with Crippen LogP contribution in [-0.2, 0) is 20.1 Å². The van der Waals surface area contributed by atoms with Crippen LogP contribution in [0.1, 0.15) is 11.3 Å². The molecule has 1 N–H and O–H groups in total. The molecular weight excluding hydrogens is 325 g/mol. The van der Waals surface area contributed by atoms with Gasteiger partial charge in [-0.1, -0.05) is 6.07 Å². The molecule has 0 radical (unpaired) electrons. The van der Waals surface area contributed by atoms with Crippen LogP contribution in [0, 0.1) is 5.82 Å². The highest BCUT2D eigenvalue weighted by Gasteiger charge is 2.22. The number of carbonyl (C=O) groups is 1. The first-order chi connectivity index (χ1) is 12.0. The largest absolute Gasteiger partial charge is 0.491 e. The lowest BCUT2D eigenvalue weighted by atomic mass is 10.2. The summed E-state index contributed by atoms with van der Waals surface area (Å²) in [6.07, 6.45) is 1.73. The van der Waals surface area contributed by atoms with Crippen LogP contribution in [0.15, 0.2) is 24.4 Å². The normalized spacial score (nSPS) is 13.7. The molecule has 2 amide bonds. The number of fused-ring (bicyclic) bond motifs is 1. The van der Waals surface area contributed by atoms with Gasteiger partial charge < -0.3 is 24.4 Å². The number of anilines is 1. The van der Waals surface area contributed by atoms with Crippen molar-refractivity contribution in [2.75, 3.05) is 32.1 Å². The van der Waals surface area contributed by atoms with E-state index < -0.39 is 0 Å². The SMILES string of the molecule is CN(C)c1ncc(CNC(=O)N2CCOc3cccc(F)c3C2)n1C. The molecule has 2 aromatic rings. The van der Waals surface area contributed by atoms with Gasteiger partial charge >= 0.3 is 6.03 Å². The molecule has 0 unspecified atom stereocenters. The fourth-order valence-corrected chi connectivity index (χ4v) is 2.83. The minimum absolute atomic E-state index is 0.183. The molecule has 2 heterocycles. The summed E-state index contributed by atoms with van der Waals surface area (Å²) in [5.74, 6) is 0.945. The highest BCUT2D eigenvalue weighted by atomic mass is 19.1. The monoisotopic (exact) mass is 347 g/mol. The van der Waals surface area contributed by atoms with Gasteiger partial charge in [0, 0.05) is 26.7 Å². The fraction of sp³-hybridized carbons (Fsp3) is 0.412. The number of hydrogen-bond donors (Lipinski definition) is 1. The Morgan fingerprint density at radius 1 is 1.44 bits per heavy atom. The quantitative estimate of drug-likeness (QED) is 0.919. The second kappa shape index (κ2) is 7.00. The summed E-state index contributed by atoms with van der Waals surface area (Å²) in [7, 11) is 5.72. The van der Waals surface area contributed by atoms with Crippen molar-refractivity contribution in [2.24, 2.45) is 7.05 Å². The number of hydrogen-bond acceptors (Lipinski definition) is 4. The lowest BCUT2D eigenvalue weighted by Gasteiger charge is -2.20. The zero-order valence-corrected chi connectivity index (χ0v) is 14.6. The average molecular weight is 347 g/mol. The standard InChI is InChI=1S/C17H22FN5O2/c1-21(2)16-19-9-12(22(16)3)10-20-17(24)23-7-8-25-15-6-4-5-14(18)13(15)11-23/h4-6,9H,7-8,10-11H2,1-3H3,(H,20,24). The van der Waals surface area contributed by atoms with Crippen LogP contribution in [0.4, 0.5) is 15.1 Å². The Balaban J connectivity index is 1.66. The summed E-state index contributed by atoms with van der Waals surface area (Å²) in [6, 6.07) is 4.45. The third kappa shape index (κ3) is 3.52. The molecule has 25 heavy (non-hydrogen) atoms. The molecule has 0 spiro atoms. The van der Waals surface area contributed by atoms with Crippen LogP contribution in [0.25, 0.3) is 0 Å². The Bertz CT molecular complexity index is 774. The van der Waals surface area contributed by atoms with E-state index in [1.54, 1.807) is 23.2 Å². The van der Waals surface area contributed by atoms with Crippen molar-refractivity contribution in [1.29, 1.82) is 0 Å². The van der Waals surface area contributed by atoms with Crippen molar-refractivity contribution >= 4 is 12.0 Å². The summed E-state index contributed by atoms with van der Waals surface area (Å²) in [5.41, 5.74) is 1.29. The maximum absolute atomic E-state index is 14.0. The second-order valence-electron chi connectivity index (χ2n) is 6.15. The van der Waals surface area contributed by atoms with E-state index in [-0.39, 0.29) is 18.4 Å². The van der Waals surface area contributed by atoms with Crippen LogP contribution in [0.3, 0.4) is 0 Å². The van der Waals surface area contributed by atoms with Crippen LogP contribution < -0.4 is 15.0 Å². The molecule has 0 atom stereocenters. The number of rotatable bonds is 3. The van der Waals surface area contributed by atoms with E-state index in [9.17, 15) is 9.18 Å². The Kier molecular flexibility index (Phi) is 4.78. The molecule has 0 saturated heterocycles. The summed E-state index contributed by atoms with van der Waals surface area (Å²) in [5, 5.41) is 2.87. The first-order valence-electron chi connectivity index (χ1n) is 8.08. The first kappa shape index (κ1) is 17.1. The molecule has 1 aliphatic heterocycles. The molecule has 8 heteroatoms. The number of carbonyl (C=O) groups excluding carboxylic acids is 1. The van der Waals surface area contributed by atoms with Crippen molar-refractivity contribution in [3.63, 3.8) is 0 Å². The smallest absolute Gasteiger partial charge is 0.318 e. The van der Waals surface area contributed by atoms with E-state index in [1.807, 2.05) is 30.6 Å². The predicted octanol–water partition coefficient (Wildman–Crippen LogP) is 1.73. The molecule has 0 fully saturated rings. The molecule has 1 aromatic heterocycles. The van der Waals surface area contributed by atoms with Crippen molar-refractivity contribution in [3.05, 3.63) is 41.5 Å². The number of aromatic nitrogens is 2. The van der Waals surface area contributed by atoms with Gasteiger partial charge in [-0.3, -0.25) is 0 Å². The van der Waals surface area contributed by atoms with Crippen LogP contribution in [-0.4, -0.2) is 47.7 Å². The molecule has 1 aromatic carbocycles. The number of amides is 2. The van der Waals surface area contributed by atoms with E-state index >= 15 is 0 Å². The number of nitrogens with one attached hydrogen (secondary N) is 1. The third-order valence-corrected chi connectivity index (χ3v) is 4.21. The lowest BCUT2D eigenvalue weighted by molar-refractivity contribution is 0.187. The van der Waals surface area contributed by atoms with Gasteiger partial charge in [-0.25, -0.2) is 14.2 Å². The molecule has 0 bridgehead atoms. The van der Waals surface area contributed by atoms with Gasteiger partial charge in [0.25, 0.3) is 0 Å². The van der Waals surface area contributed by atoms with E-state index in [2.05, 4.69) is 10.3 Å². The molecule has 3 rings (SSSR count). The van der Waals surface area contributed by atoms with E-state index in [1.165, 1.54) is 6.07 Å². The highest BCUT2D eigenvalue weighted by Crippen LogP contribution is 2.25. The number of halogens is 1. The Morgan fingerprint density at radius 3 is 2.96 bits per heavy atom. The van der Waals surface area contributed by atoms with Gasteiger partial charge in [0.2, 0.25) is 5.95 Å². The number of nitrogens with zero attached hydrogens (tertiary/aromatic N) is 4. The summed E-state index contributed by atoms with van der Waals surface area (Å²) in [4.78, 5) is 20.3. The maximum Gasteiger partial charge on any atom is 0.318 e. The third-order valence-electron chi connectivity index (χ3n) is 4.21. The summed E-state index contributed by atoms with van der Waals surface area (Å²) < 4.78 is 21.5. The van der Waals surface area contributed by atoms with Gasteiger partial charge in [-0.05, 0) is 12.1 Å².